The molecule has 0 aromatic carbocycles. The van der Waals surface area contributed by atoms with Gasteiger partial charge < -0.3 is 10.4 Å². The Hall–Kier alpha value is -1.43. The van der Waals surface area contributed by atoms with Crippen LogP contribution in [0, 0.1) is 0 Å². The molecule has 0 fully saturated rings. The first-order valence-corrected chi connectivity index (χ1v) is 5.78. The van der Waals surface area contributed by atoms with Gasteiger partial charge in [0.15, 0.2) is 0 Å². The number of carbonyl (C=O) groups is 1. The van der Waals surface area contributed by atoms with Crippen LogP contribution in [0.15, 0.2) is 0 Å². The molecule has 0 radical (unpaired) electrons. The number of hydrogen-bond donors (Lipinski definition) is 3. The first-order chi connectivity index (χ1) is 7.85. The minimum absolute atomic E-state index is 0.112. The first-order valence-electron chi connectivity index (χ1n) is 5.78. The first kappa shape index (κ1) is 13.6. The zero-order chi connectivity index (χ0) is 13.1. The summed E-state index contributed by atoms with van der Waals surface area (Å²) < 4.78 is 0. The van der Waals surface area contributed by atoms with Crippen LogP contribution in [0.2, 0.25) is 0 Å². The third-order valence-corrected chi connectivity index (χ3v) is 2.64. The molecule has 0 saturated heterocycles. The third kappa shape index (κ3) is 3.81. The Labute approximate surface area is 101 Å². The number of carbonyl (C=O) groups excluding carboxylic acids is 1. The highest BCUT2D eigenvalue weighted by atomic mass is 16.3. The Kier molecular flexibility index (Phi) is 4.22. The lowest BCUT2D eigenvalue weighted by atomic mass is 10.0. The quantitative estimate of drug-likeness (QED) is 0.710. The maximum absolute atomic E-state index is 11.7. The topological polar surface area (TPSA) is 90.9 Å². The van der Waals surface area contributed by atoms with Crippen LogP contribution in [0.3, 0.4) is 0 Å². The second kappa shape index (κ2) is 5.27. The largest absolute Gasteiger partial charge is 0.388 e. The SMILES string of the molecule is CCC(C)(O)CNC(=O)c1n[nH]c(C(C)C)n1. The summed E-state index contributed by atoms with van der Waals surface area (Å²) in [5, 5.41) is 18.9. The van der Waals surface area contributed by atoms with E-state index in [1.165, 1.54) is 0 Å². The van der Waals surface area contributed by atoms with Crippen molar-refractivity contribution < 1.29 is 9.90 Å². The Morgan fingerprint density at radius 2 is 2.24 bits per heavy atom. The van der Waals surface area contributed by atoms with Crippen molar-refractivity contribution in [3.8, 4) is 0 Å². The molecule has 0 spiro atoms. The number of aromatic nitrogens is 3. The Morgan fingerprint density at radius 1 is 1.59 bits per heavy atom. The van der Waals surface area contributed by atoms with Gasteiger partial charge in [-0.2, -0.15) is 0 Å². The number of aliphatic hydroxyl groups is 1. The number of nitrogens with zero attached hydrogens (tertiary/aromatic N) is 2. The molecule has 1 aromatic heterocycles. The number of hydrogen-bond acceptors (Lipinski definition) is 4. The summed E-state index contributed by atoms with van der Waals surface area (Å²) in [6.45, 7) is 7.64. The van der Waals surface area contributed by atoms with E-state index >= 15 is 0 Å². The molecule has 1 heterocycles. The maximum Gasteiger partial charge on any atom is 0.291 e. The lowest BCUT2D eigenvalue weighted by molar-refractivity contribution is 0.0515. The second-order valence-electron chi connectivity index (χ2n) is 4.73. The average molecular weight is 240 g/mol. The molecule has 0 bridgehead atoms. The molecule has 1 rings (SSSR count). The average Bonchev–Trinajstić information content (AvgIpc) is 2.75. The fourth-order valence-electron chi connectivity index (χ4n) is 1.11. The van der Waals surface area contributed by atoms with E-state index < -0.39 is 5.60 Å². The summed E-state index contributed by atoms with van der Waals surface area (Å²) in [4.78, 5) is 15.8. The highest BCUT2D eigenvalue weighted by Gasteiger charge is 2.20. The molecule has 17 heavy (non-hydrogen) atoms. The van der Waals surface area contributed by atoms with Crippen LogP contribution in [-0.2, 0) is 0 Å². The minimum atomic E-state index is -0.896. The number of amides is 1. The molecule has 0 aliphatic heterocycles. The summed E-state index contributed by atoms with van der Waals surface area (Å²) in [5.74, 6) is 0.614. The normalized spacial score (nSPS) is 14.7. The lowest BCUT2D eigenvalue weighted by Crippen LogP contribution is -2.40. The van der Waals surface area contributed by atoms with E-state index in [1.54, 1.807) is 6.92 Å². The predicted octanol–water partition coefficient (Wildman–Crippen LogP) is 0.819. The van der Waals surface area contributed by atoms with Crippen LogP contribution in [0.1, 0.15) is 56.5 Å². The van der Waals surface area contributed by atoms with Crippen molar-refractivity contribution in [3.05, 3.63) is 11.6 Å². The van der Waals surface area contributed by atoms with Gasteiger partial charge in [-0.15, -0.1) is 5.10 Å². The molecule has 0 aliphatic rings. The van der Waals surface area contributed by atoms with Crippen molar-refractivity contribution >= 4 is 5.91 Å². The third-order valence-electron chi connectivity index (χ3n) is 2.64. The number of aromatic amines is 1. The van der Waals surface area contributed by atoms with Gasteiger partial charge in [0, 0.05) is 12.5 Å². The van der Waals surface area contributed by atoms with Crippen molar-refractivity contribution in [2.75, 3.05) is 6.54 Å². The van der Waals surface area contributed by atoms with Crippen molar-refractivity contribution in [2.24, 2.45) is 0 Å². The molecular formula is C11H20N4O2. The number of H-pyrrole nitrogens is 1. The van der Waals surface area contributed by atoms with E-state index in [0.29, 0.717) is 12.2 Å². The summed E-state index contributed by atoms with van der Waals surface area (Å²) in [7, 11) is 0. The van der Waals surface area contributed by atoms with Crippen molar-refractivity contribution in [1.29, 1.82) is 0 Å². The smallest absolute Gasteiger partial charge is 0.291 e. The summed E-state index contributed by atoms with van der Waals surface area (Å²) in [6, 6.07) is 0. The van der Waals surface area contributed by atoms with E-state index in [2.05, 4.69) is 20.5 Å². The zero-order valence-electron chi connectivity index (χ0n) is 10.7. The fraction of sp³-hybridized carbons (Fsp3) is 0.727. The molecule has 96 valence electrons. The van der Waals surface area contributed by atoms with Gasteiger partial charge in [0.25, 0.3) is 5.91 Å². The van der Waals surface area contributed by atoms with E-state index in [4.69, 9.17) is 0 Å². The van der Waals surface area contributed by atoms with Gasteiger partial charge in [0.05, 0.1) is 5.60 Å². The van der Waals surface area contributed by atoms with E-state index in [9.17, 15) is 9.90 Å². The van der Waals surface area contributed by atoms with Crippen molar-refractivity contribution in [3.63, 3.8) is 0 Å². The van der Waals surface area contributed by atoms with Gasteiger partial charge in [0.2, 0.25) is 5.82 Å². The van der Waals surface area contributed by atoms with Gasteiger partial charge >= 0.3 is 0 Å². The molecule has 1 aromatic rings. The lowest BCUT2D eigenvalue weighted by Gasteiger charge is -2.20. The van der Waals surface area contributed by atoms with Gasteiger partial charge in [-0.1, -0.05) is 20.8 Å². The highest BCUT2D eigenvalue weighted by Crippen LogP contribution is 2.08. The number of rotatable bonds is 5. The molecule has 1 amide bonds. The molecule has 1 atom stereocenters. The van der Waals surface area contributed by atoms with E-state index in [0.717, 1.165) is 0 Å². The zero-order valence-corrected chi connectivity index (χ0v) is 10.7. The molecule has 6 nitrogen and oxygen atoms in total. The van der Waals surface area contributed by atoms with Crippen LogP contribution in [-0.4, -0.2) is 38.3 Å². The molecule has 6 heteroatoms. The van der Waals surface area contributed by atoms with Crippen LogP contribution < -0.4 is 5.32 Å². The second-order valence-corrected chi connectivity index (χ2v) is 4.73. The van der Waals surface area contributed by atoms with Crippen LogP contribution in [0.4, 0.5) is 0 Å². The molecule has 3 N–H and O–H groups in total. The van der Waals surface area contributed by atoms with Crippen molar-refractivity contribution in [2.45, 2.75) is 45.6 Å². The van der Waals surface area contributed by atoms with Crippen LogP contribution in [0.25, 0.3) is 0 Å². The maximum atomic E-state index is 11.7. The molecule has 0 saturated carbocycles. The molecule has 1 unspecified atom stereocenters. The monoisotopic (exact) mass is 240 g/mol. The van der Waals surface area contributed by atoms with Crippen molar-refractivity contribution in [1.82, 2.24) is 20.5 Å². The minimum Gasteiger partial charge on any atom is -0.388 e. The van der Waals surface area contributed by atoms with E-state index in [-0.39, 0.29) is 24.2 Å². The fourth-order valence-corrected chi connectivity index (χ4v) is 1.11. The van der Waals surface area contributed by atoms with Crippen LogP contribution >= 0.6 is 0 Å². The summed E-state index contributed by atoms with van der Waals surface area (Å²) in [5.41, 5.74) is -0.896. The van der Waals surface area contributed by atoms with Crippen LogP contribution in [0.5, 0.6) is 0 Å². The van der Waals surface area contributed by atoms with Gasteiger partial charge in [0.1, 0.15) is 5.82 Å². The predicted molar refractivity (Wildman–Crippen MR) is 63.7 cm³/mol. The Morgan fingerprint density at radius 3 is 2.71 bits per heavy atom. The molecule has 0 aliphatic carbocycles. The number of nitrogens with one attached hydrogen (secondary N) is 2. The molecular weight excluding hydrogens is 220 g/mol. The van der Waals surface area contributed by atoms with E-state index in [1.807, 2.05) is 20.8 Å². The standard InChI is InChI=1S/C11H20N4O2/c1-5-11(4,17)6-12-10(16)9-13-8(7(2)3)14-15-9/h7,17H,5-6H2,1-4H3,(H,12,16)(H,13,14,15). The van der Waals surface area contributed by atoms with Gasteiger partial charge in [-0.05, 0) is 13.3 Å². The Balaban J connectivity index is 2.58. The summed E-state index contributed by atoms with van der Waals surface area (Å²) >= 11 is 0. The Bertz CT molecular complexity index is 385. The summed E-state index contributed by atoms with van der Waals surface area (Å²) in [6.07, 6.45) is 0.568. The van der Waals surface area contributed by atoms with Gasteiger partial charge in [-0.25, -0.2) is 4.98 Å². The highest BCUT2D eigenvalue weighted by molar-refractivity contribution is 5.90. The van der Waals surface area contributed by atoms with Gasteiger partial charge in [-0.3, -0.25) is 9.89 Å².